The number of amides is 2. The molecule has 2 aromatic carbocycles. The monoisotopic (exact) mass is 394 g/mol. The molecule has 1 heterocycles. The molecule has 2 amide bonds. The van der Waals surface area contributed by atoms with Crippen LogP contribution >= 0.6 is 0 Å². The Bertz CT molecular complexity index is 1020. The van der Waals surface area contributed by atoms with Gasteiger partial charge in [0.25, 0.3) is 5.91 Å². The molecular weight excluding hydrogens is 372 g/mol. The Kier molecular flexibility index (Phi) is 5.63. The smallest absolute Gasteiger partial charge is 0.322 e. The maximum Gasteiger partial charge on any atom is 0.322 e. The van der Waals surface area contributed by atoms with Gasteiger partial charge < -0.3 is 14.5 Å². The predicted molar refractivity (Wildman–Crippen MR) is 109 cm³/mol. The van der Waals surface area contributed by atoms with Crippen LogP contribution in [0.3, 0.4) is 0 Å². The summed E-state index contributed by atoms with van der Waals surface area (Å²) in [6, 6.07) is 13.7. The number of nitrogens with one attached hydrogen (secondary N) is 2. The van der Waals surface area contributed by atoms with Gasteiger partial charge in [-0.2, -0.15) is 0 Å². The molecule has 3 aromatic rings. The lowest BCUT2D eigenvalue weighted by molar-refractivity contribution is -0.123. The average molecular weight is 394 g/mol. The molecule has 0 saturated heterocycles. The molecule has 0 aliphatic rings. The van der Waals surface area contributed by atoms with Crippen molar-refractivity contribution in [2.75, 3.05) is 17.7 Å². The first-order valence-corrected chi connectivity index (χ1v) is 8.97. The van der Waals surface area contributed by atoms with Crippen molar-refractivity contribution in [1.82, 2.24) is 10.2 Å². The Labute approximate surface area is 168 Å². The van der Waals surface area contributed by atoms with Gasteiger partial charge in [0.15, 0.2) is 0 Å². The van der Waals surface area contributed by atoms with Crippen LogP contribution in [0.1, 0.15) is 31.1 Å². The Morgan fingerprint density at radius 3 is 2.38 bits per heavy atom. The Morgan fingerprint density at radius 2 is 1.72 bits per heavy atom. The predicted octanol–water partition coefficient (Wildman–Crippen LogP) is 3.98. The number of rotatable bonds is 5. The van der Waals surface area contributed by atoms with Crippen molar-refractivity contribution in [3.63, 3.8) is 0 Å². The van der Waals surface area contributed by atoms with E-state index >= 15 is 0 Å². The summed E-state index contributed by atoms with van der Waals surface area (Å²) in [4.78, 5) is 24.6. The molecule has 0 aliphatic carbocycles. The molecule has 3 rings (SSSR count). The van der Waals surface area contributed by atoms with Crippen LogP contribution in [0, 0.1) is 5.41 Å². The van der Waals surface area contributed by atoms with Crippen LogP contribution in [0.4, 0.5) is 11.7 Å². The molecular formula is C21H22N4O4. The summed E-state index contributed by atoms with van der Waals surface area (Å²) < 4.78 is 10.6. The zero-order valence-electron chi connectivity index (χ0n) is 16.6. The summed E-state index contributed by atoms with van der Waals surface area (Å²) in [5.74, 6) is 0.409. The first kappa shape index (κ1) is 20.1. The third kappa shape index (κ3) is 4.98. The van der Waals surface area contributed by atoms with Gasteiger partial charge >= 0.3 is 6.01 Å². The third-order valence-electron chi connectivity index (χ3n) is 4.05. The van der Waals surface area contributed by atoms with E-state index in [4.69, 9.17) is 9.15 Å². The third-order valence-corrected chi connectivity index (χ3v) is 4.05. The minimum Gasteiger partial charge on any atom is -0.497 e. The minimum atomic E-state index is -0.542. The molecule has 29 heavy (non-hydrogen) atoms. The van der Waals surface area contributed by atoms with Gasteiger partial charge in [-0.15, -0.1) is 5.10 Å². The molecule has 1 aromatic heterocycles. The van der Waals surface area contributed by atoms with E-state index in [0.29, 0.717) is 22.6 Å². The minimum absolute atomic E-state index is 0.0232. The van der Waals surface area contributed by atoms with Crippen molar-refractivity contribution in [2.24, 2.45) is 5.41 Å². The fourth-order valence-corrected chi connectivity index (χ4v) is 2.35. The van der Waals surface area contributed by atoms with Gasteiger partial charge in [0.2, 0.25) is 11.8 Å². The molecule has 150 valence electrons. The number of carbonyl (C=O) groups excluding carboxylic acids is 2. The number of ether oxygens (including phenoxy) is 1. The van der Waals surface area contributed by atoms with E-state index in [9.17, 15) is 9.59 Å². The molecule has 0 fully saturated rings. The Balaban J connectivity index is 1.70. The summed E-state index contributed by atoms with van der Waals surface area (Å²) in [5.41, 5.74) is 1.04. The summed E-state index contributed by atoms with van der Waals surface area (Å²) in [6.45, 7) is 5.44. The highest BCUT2D eigenvalue weighted by Crippen LogP contribution is 2.23. The molecule has 0 saturated carbocycles. The number of carbonyl (C=O) groups is 2. The number of hydrogen-bond acceptors (Lipinski definition) is 6. The number of aromatic nitrogens is 2. The van der Waals surface area contributed by atoms with Crippen molar-refractivity contribution >= 4 is 23.5 Å². The lowest BCUT2D eigenvalue weighted by Gasteiger charge is -2.17. The summed E-state index contributed by atoms with van der Waals surface area (Å²) >= 11 is 0. The van der Waals surface area contributed by atoms with Crippen LogP contribution in [0.15, 0.2) is 52.9 Å². The summed E-state index contributed by atoms with van der Waals surface area (Å²) in [5, 5.41) is 13.2. The highest BCUT2D eigenvalue weighted by atomic mass is 16.5. The number of anilines is 2. The Hall–Kier alpha value is -3.68. The van der Waals surface area contributed by atoms with Crippen molar-refractivity contribution in [3.8, 4) is 17.2 Å². The fraction of sp³-hybridized carbons (Fsp3) is 0.238. The lowest BCUT2D eigenvalue weighted by atomic mass is 9.95. The van der Waals surface area contributed by atoms with E-state index < -0.39 is 11.3 Å². The summed E-state index contributed by atoms with van der Waals surface area (Å²) in [6.07, 6.45) is 0. The van der Waals surface area contributed by atoms with Gasteiger partial charge in [0.05, 0.1) is 7.11 Å². The van der Waals surface area contributed by atoms with Crippen LogP contribution in [0.25, 0.3) is 11.5 Å². The van der Waals surface area contributed by atoms with E-state index in [1.165, 1.54) is 0 Å². The molecule has 0 radical (unpaired) electrons. The van der Waals surface area contributed by atoms with E-state index in [-0.39, 0.29) is 17.8 Å². The van der Waals surface area contributed by atoms with Crippen molar-refractivity contribution in [3.05, 3.63) is 54.1 Å². The zero-order chi connectivity index (χ0) is 21.0. The van der Waals surface area contributed by atoms with Crippen LogP contribution in [-0.4, -0.2) is 29.1 Å². The second-order valence-electron chi connectivity index (χ2n) is 7.38. The van der Waals surface area contributed by atoms with Gasteiger partial charge in [-0.25, -0.2) is 0 Å². The standard InChI is InChI=1S/C21H22N4O4/c1-21(2,3)19(27)22-15-7-5-6-14(12-15)17(26)23-20-25-24-18(29-20)13-8-10-16(28-4)11-9-13/h5-12H,1-4H3,(H,22,27)(H,23,25,26). The number of nitrogens with zero attached hydrogens (tertiary/aromatic N) is 2. The topological polar surface area (TPSA) is 106 Å². The molecule has 8 nitrogen and oxygen atoms in total. The maximum atomic E-state index is 12.5. The first-order valence-electron chi connectivity index (χ1n) is 8.97. The fourth-order valence-electron chi connectivity index (χ4n) is 2.35. The number of benzene rings is 2. The molecule has 0 aliphatic heterocycles. The van der Waals surface area contributed by atoms with E-state index in [1.807, 2.05) is 20.8 Å². The van der Waals surface area contributed by atoms with Gasteiger partial charge in [-0.05, 0) is 42.5 Å². The molecule has 0 atom stereocenters. The highest BCUT2D eigenvalue weighted by Gasteiger charge is 2.21. The second kappa shape index (κ2) is 8.14. The van der Waals surface area contributed by atoms with E-state index in [2.05, 4.69) is 20.8 Å². The van der Waals surface area contributed by atoms with Crippen LogP contribution in [0.2, 0.25) is 0 Å². The van der Waals surface area contributed by atoms with Crippen LogP contribution < -0.4 is 15.4 Å². The van der Waals surface area contributed by atoms with E-state index in [1.54, 1.807) is 55.6 Å². The Morgan fingerprint density at radius 1 is 1.00 bits per heavy atom. The van der Waals surface area contributed by atoms with Crippen molar-refractivity contribution in [1.29, 1.82) is 0 Å². The zero-order valence-corrected chi connectivity index (χ0v) is 16.6. The van der Waals surface area contributed by atoms with Crippen LogP contribution in [-0.2, 0) is 4.79 Å². The molecule has 0 spiro atoms. The van der Waals surface area contributed by atoms with Crippen LogP contribution in [0.5, 0.6) is 5.75 Å². The van der Waals surface area contributed by atoms with Crippen molar-refractivity contribution < 1.29 is 18.7 Å². The SMILES string of the molecule is COc1ccc(-c2nnc(NC(=O)c3cccc(NC(=O)C(C)(C)C)c3)o2)cc1. The van der Waals surface area contributed by atoms with Gasteiger partial charge in [0, 0.05) is 22.2 Å². The average Bonchev–Trinajstić information content (AvgIpc) is 3.16. The lowest BCUT2D eigenvalue weighted by Crippen LogP contribution is -2.27. The summed E-state index contributed by atoms with van der Waals surface area (Å²) in [7, 11) is 1.58. The normalized spacial score (nSPS) is 11.0. The van der Waals surface area contributed by atoms with Gasteiger partial charge in [-0.1, -0.05) is 31.9 Å². The number of methoxy groups -OCH3 is 1. The highest BCUT2D eigenvalue weighted by molar-refractivity contribution is 6.04. The second-order valence-corrected chi connectivity index (χ2v) is 7.38. The van der Waals surface area contributed by atoms with E-state index in [0.717, 1.165) is 0 Å². The number of hydrogen-bond donors (Lipinski definition) is 2. The molecule has 2 N–H and O–H groups in total. The van der Waals surface area contributed by atoms with Gasteiger partial charge in [-0.3, -0.25) is 14.9 Å². The largest absolute Gasteiger partial charge is 0.497 e. The molecule has 0 unspecified atom stereocenters. The maximum absolute atomic E-state index is 12.5. The van der Waals surface area contributed by atoms with Gasteiger partial charge in [0.1, 0.15) is 5.75 Å². The first-order chi connectivity index (χ1) is 13.8. The molecule has 0 bridgehead atoms. The molecule has 8 heteroatoms. The quantitative estimate of drug-likeness (QED) is 0.678. The van der Waals surface area contributed by atoms with Crippen molar-refractivity contribution in [2.45, 2.75) is 20.8 Å².